The van der Waals surface area contributed by atoms with Crippen molar-refractivity contribution in [1.29, 1.82) is 0 Å². The second-order valence-corrected chi connectivity index (χ2v) is 7.20. The van der Waals surface area contributed by atoms with Crippen LogP contribution in [0.3, 0.4) is 0 Å². The standard InChI is InChI=1S/C20H22N4O3/c1-13-5-4-10-24(12-13)18(25)9-8-17-22-19(23-27-17)15-11-14-6-2-3-7-16(14)21-20(15)26/h2-3,6-7,11,13H,4-5,8-10,12H2,1H3,(H,21,26). The summed E-state index contributed by atoms with van der Waals surface area (Å²) in [6, 6.07) is 9.27. The van der Waals surface area contributed by atoms with Crippen LogP contribution in [0.15, 0.2) is 39.6 Å². The van der Waals surface area contributed by atoms with Gasteiger partial charge in [0.2, 0.25) is 17.6 Å². The molecule has 1 aliphatic rings. The van der Waals surface area contributed by atoms with Gasteiger partial charge in [-0.25, -0.2) is 0 Å². The van der Waals surface area contributed by atoms with E-state index in [1.54, 1.807) is 6.07 Å². The van der Waals surface area contributed by atoms with Crippen molar-refractivity contribution in [3.8, 4) is 11.4 Å². The molecule has 1 atom stereocenters. The smallest absolute Gasteiger partial charge is 0.259 e. The third-order valence-corrected chi connectivity index (χ3v) is 5.02. The number of nitrogens with zero attached hydrogens (tertiary/aromatic N) is 3. The summed E-state index contributed by atoms with van der Waals surface area (Å²) in [6.07, 6.45) is 2.95. The number of aryl methyl sites for hydroxylation is 1. The predicted molar refractivity (Wildman–Crippen MR) is 101 cm³/mol. The van der Waals surface area contributed by atoms with Gasteiger partial charge in [-0.2, -0.15) is 4.98 Å². The van der Waals surface area contributed by atoms with Gasteiger partial charge in [0.15, 0.2) is 0 Å². The largest absolute Gasteiger partial charge is 0.342 e. The number of hydrogen-bond donors (Lipinski definition) is 1. The van der Waals surface area contributed by atoms with Crippen molar-refractivity contribution in [2.45, 2.75) is 32.6 Å². The zero-order valence-corrected chi connectivity index (χ0v) is 15.3. The van der Waals surface area contributed by atoms with Crippen LogP contribution < -0.4 is 5.56 Å². The Labute approximate surface area is 156 Å². The SMILES string of the molecule is CC1CCCN(C(=O)CCc2nc(-c3cc4ccccc4[nH]c3=O)no2)C1. The number of rotatable bonds is 4. The van der Waals surface area contributed by atoms with E-state index in [1.807, 2.05) is 29.2 Å². The Morgan fingerprint density at radius 2 is 2.22 bits per heavy atom. The van der Waals surface area contributed by atoms with Gasteiger partial charge in [0.05, 0.1) is 5.56 Å². The highest BCUT2D eigenvalue weighted by molar-refractivity contribution is 5.82. The summed E-state index contributed by atoms with van der Waals surface area (Å²) in [5.41, 5.74) is 0.857. The Bertz CT molecular complexity index is 1020. The summed E-state index contributed by atoms with van der Waals surface area (Å²) in [5.74, 6) is 1.29. The summed E-state index contributed by atoms with van der Waals surface area (Å²) in [4.78, 5) is 33.7. The van der Waals surface area contributed by atoms with Crippen LogP contribution in [-0.4, -0.2) is 39.0 Å². The third kappa shape index (κ3) is 3.77. The molecular weight excluding hydrogens is 344 g/mol. The minimum Gasteiger partial charge on any atom is -0.342 e. The average molecular weight is 366 g/mol. The quantitative estimate of drug-likeness (QED) is 0.766. The summed E-state index contributed by atoms with van der Waals surface area (Å²) in [7, 11) is 0. The number of aromatic amines is 1. The molecule has 1 fully saturated rings. The summed E-state index contributed by atoms with van der Waals surface area (Å²) in [6.45, 7) is 3.82. The molecule has 1 amide bonds. The van der Waals surface area contributed by atoms with E-state index in [0.717, 1.165) is 30.4 Å². The Balaban J connectivity index is 1.47. The highest BCUT2D eigenvalue weighted by Crippen LogP contribution is 2.19. The first-order chi connectivity index (χ1) is 13.1. The van der Waals surface area contributed by atoms with Crippen LogP contribution in [0.4, 0.5) is 0 Å². The van der Waals surface area contributed by atoms with Gasteiger partial charge in [0.25, 0.3) is 5.56 Å². The van der Waals surface area contributed by atoms with Crippen LogP contribution in [0.2, 0.25) is 0 Å². The number of H-pyrrole nitrogens is 1. The lowest BCUT2D eigenvalue weighted by Gasteiger charge is -2.30. The number of amides is 1. The zero-order chi connectivity index (χ0) is 18.8. The van der Waals surface area contributed by atoms with E-state index in [1.165, 1.54) is 6.42 Å². The second-order valence-electron chi connectivity index (χ2n) is 7.20. The fourth-order valence-electron chi connectivity index (χ4n) is 3.57. The Hall–Kier alpha value is -2.96. The van der Waals surface area contributed by atoms with Crippen LogP contribution in [0.5, 0.6) is 0 Å². The molecule has 1 saturated heterocycles. The molecular formula is C20H22N4O3. The molecule has 1 N–H and O–H groups in total. The second kappa shape index (κ2) is 7.34. The lowest BCUT2D eigenvalue weighted by molar-refractivity contribution is -0.132. The van der Waals surface area contributed by atoms with Crippen LogP contribution in [-0.2, 0) is 11.2 Å². The van der Waals surface area contributed by atoms with Crippen molar-refractivity contribution in [3.63, 3.8) is 0 Å². The van der Waals surface area contributed by atoms with E-state index in [4.69, 9.17) is 4.52 Å². The minimum absolute atomic E-state index is 0.116. The first kappa shape index (κ1) is 17.5. The maximum absolute atomic E-state index is 12.4. The molecule has 3 heterocycles. The highest BCUT2D eigenvalue weighted by Gasteiger charge is 2.21. The van der Waals surface area contributed by atoms with Crippen LogP contribution >= 0.6 is 0 Å². The van der Waals surface area contributed by atoms with E-state index >= 15 is 0 Å². The molecule has 2 aromatic heterocycles. The van der Waals surface area contributed by atoms with Crippen molar-refractivity contribution in [1.82, 2.24) is 20.0 Å². The maximum Gasteiger partial charge on any atom is 0.259 e. The fraction of sp³-hybridized carbons (Fsp3) is 0.400. The number of hydrogen-bond acceptors (Lipinski definition) is 5. The summed E-state index contributed by atoms with van der Waals surface area (Å²) >= 11 is 0. The normalized spacial score (nSPS) is 17.4. The Morgan fingerprint density at radius 3 is 3.07 bits per heavy atom. The first-order valence-electron chi connectivity index (χ1n) is 9.33. The molecule has 4 rings (SSSR count). The average Bonchev–Trinajstić information content (AvgIpc) is 3.14. The lowest BCUT2D eigenvalue weighted by atomic mass is 10.00. The van der Waals surface area contributed by atoms with Gasteiger partial charge in [-0.3, -0.25) is 9.59 Å². The summed E-state index contributed by atoms with van der Waals surface area (Å²) < 4.78 is 5.26. The first-order valence-corrected chi connectivity index (χ1v) is 9.33. The van der Waals surface area contributed by atoms with Gasteiger partial charge in [0, 0.05) is 31.4 Å². The molecule has 0 bridgehead atoms. The molecule has 7 heteroatoms. The Kier molecular flexibility index (Phi) is 4.75. The zero-order valence-electron chi connectivity index (χ0n) is 15.3. The fourth-order valence-corrected chi connectivity index (χ4v) is 3.57. The molecule has 0 spiro atoms. The molecule has 1 unspecified atom stereocenters. The van der Waals surface area contributed by atoms with Gasteiger partial charge in [0.1, 0.15) is 0 Å². The molecule has 7 nitrogen and oxygen atoms in total. The third-order valence-electron chi connectivity index (χ3n) is 5.02. The van der Waals surface area contributed by atoms with Gasteiger partial charge in [-0.1, -0.05) is 30.3 Å². The Morgan fingerprint density at radius 1 is 1.37 bits per heavy atom. The molecule has 0 radical (unpaired) electrons. The van der Waals surface area contributed by atoms with Gasteiger partial charge < -0.3 is 14.4 Å². The molecule has 0 aliphatic carbocycles. The number of para-hydroxylation sites is 1. The molecule has 3 aromatic rings. The van der Waals surface area contributed by atoms with E-state index in [9.17, 15) is 9.59 Å². The van der Waals surface area contributed by atoms with Crippen LogP contribution in [0.25, 0.3) is 22.3 Å². The van der Waals surface area contributed by atoms with Crippen molar-refractivity contribution in [2.24, 2.45) is 5.92 Å². The van der Waals surface area contributed by atoms with E-state index in [-0.39, 0.29) is 17.3 Å². The maximum atomic E-state index is 12.4. The lowest BCUT2D eigenvalue weighted by Crippen LogP contribution is -2.39. The van der Waals surface area contributed by atoms with Crippen molar-refractivity contribution in [3.05, 3.63) is 46.6 Å². The van der Waals surface area contributed by atoms with E-state index in [0.29, 0.717) is 30.2 Å². The van der Waals surface area contributed by atoms with Gasteiger partial charge in [-0.15, -0.1) is 0 Å². The van der Waals surface area contributed by atoms with Gasteiger partial charge in [-0.05, 0) is 36.3 Å². The van der Waals surface area contributed by atoms with Crippen molar-refractivity contribution < 1.29 is 9.32 Å². The molecule has 140 valence electrons. The van der Waals surface area contributed by atoms with Crippen LogP contribution in [0.1, 0.15) is 32.1 Å². The highest BCUT2D eigenvalue weighted by atomic mass is 16.5. The van der Waals surface area contributed by atoms with E-state index in [2.05, 4.69) is 22.0 Å². The van der Waals surface area contributed by atoms with Gasteiger partial charge >= 0.3 is 0 Å². The predicted octanol–water partition coefficient (Wildman–Crippen LogP) is 2.77. The number of nitrogens with one attached hydrogen (secondary N) is 1. The van der Waals surface area contributed by atoms with Crippen molar-refractivity contribution >= 4 is 16.8 Å². The molecule has 27 heavy (non-hydrogen) atoms. The number of fused-ring (bicyclic) bond motifs is 1. The molecule has 1 aliphatic heterocycles. The summed E-state index contributed by atoms with van der Waals surface area (Å²) in [5, 5.41) is 4.82. The van der Waals surface area contributed by atoms with E-state index < -0.39 is 0 Å². The number of carbonyl (C=O) groups is 1. The molecule has 1 aromatic carbocycles. The van der Waals surface area contributed by atoms with Crippen molar-refractivity contribution in [2.75, 3.05) is 13.1 Å². The molecule has 0 saturated carbocycles. The number of aromatic nitrogens is 3. The van der Waals surface area contributed by atoms with Crippen LogP contribution in [0, 0.1) is 5.92 Å². The minimum atomic E-state index is -0.264. The topological polar surface area (TPSA) is 92.1 Å². The number of benzene rings is 1. The number of piperidine rings is 1. The number of pyridine rings is 1. The number of carbonyl (C=O) groups excluding carboxylic acids is 1. The number of likely N-dealkylation sites (tertiary alicyclic amines) is 1. The monoisotopic (exact) mass is 366 g/mol.